The van der Waals surface area contributed by atoms with E-state index in [2.05, 4.69) is 15.0 Å². The summed E-state index contributed by atoms with van der Waals surface area (Å²) in [6.07, 6.45) is -2.75. The fourth-order valence-corrected chi connectivity index (χ4v) is 2.78. The topological polar surface area (TPSA) is 192 Å². The molecule has 2 heterocycles. The molecule has 1 saturated heterocycles. The number of carbonyl (C=O) groups excluding carboxylic acids is 2. The number of carbonyl (C=O) groups is 2. The molecule has 3 N–H and O–H groups in total. The monoisotopic (exact) mass is 382 g/mol. The Morgan fingerprint density at radius 2 is 2.15 bits per heavy atom. The summed E-state index contributed by atoms with van der Waals surface area (Å²) >= 11 is 0. The molecule has 0 aliphatic carbocycles. The summed E-state index contributed by atoms with van der Waals surface area (Å²) in [4.78, 5) is 41.5. The largest absolute Gasteiger partial charge is 0.455 e. The van der Waals surface area contributed by atoms with Crippen LogP contribution in [0.3, 0.4) is 0 Å². The van der Waals surface area contributed by atoms with Crippen molar-refractivity contribution in [2.75, 3.05) is 18.9 Å². The van der Waals surface area contributed by atoms with Gasteiger partial charge in [0.1, 0.15) is 11.4 Å². The van der Waals surface area contributed by atoms with E-state index < -0.39 is 54.8 Å². The predicted molar refractivity (Wildman–Crippen MR) is 88.0 cm³/mol. The number of anilines is 1. The Morgan fingerprint density at radius 3 is 2.67 bits per heavy atom. The zero-order chi connectivity index (χ0) is 20.2. The zero-order valence-corrected chi connectivity index (χ0v) is 14.5. The lowest BCUT2D eigenvalue weighted by Crippen LogP contribution is -2.51. The van der Waals surface area contributed by atoms with Gasteiger partial charge in [-0.25, -0.2) is 4.79 Å². The first-order chi connectivity index (χ1) is 12.7. The summed E-state index contributed by atoms with van der Waals surface area (Å²) < 4.78 is 17.1. The maximum Gasteiger partial charge on any atom is 0.351 e. The van der Waals surface area contributed by atoms with E-state index in [1.165, 1.54) is 12.3 Å². The van der Waals surface area contributed by atoms with Gasteiger partial charge in [-0.3, -0.25) is 14.2 Å². The summed E-state index contributed by atoms with van der Waals surface area (Å²) in [6.45, 7) is 1.00. The third-order valence-corrected chi connectivity index (χ3v) is 3.84. The van der Waals surface area contributed by atoms with Crippen LogP contribution in [0.4, 0.5) is 5.82 Å². The number of aliphatic hydroxyl groups is 1. The maximum absolute atomic E-state index is 12.2. The third kappa shape index (κ3) is 4.16. The highest BCUT2D eigenvalue weighted by atomic mass is 16.7. The van der Waals surface area contributed by atoms with E-state index in [-0.39, 0.29) is 5.82 Å². The minimum atomic E-state index is -1.75. The van der Waals surface area contributed by atoms with Crippen molar-refractivity contribution >= 4 is 17.8 Å². The Morgan fingerprint density at radius 1 is 1.48 bits per heavy atom. The van der Waals surface area contributed by atoms with Gasteiger partial charge in [0.25, 0.3) is 0 Å². The van der Waals surface area contributed by atoms with E-state index in [0.29, 0.717) is 0 Å². The highest BCUT2D eigenvalue weighted by molar-refractivity contribution is 5.67. The van der Waals surface area contributed by atoms with Gasteiger partial charge in [0.05, 0.1) is 13.2 Å². The first kappa shape index (κ1) is 20.2. The van der Waals surface area contributed by atoms with Crippen molar-refractivity contribution in [2.45, 2.75) is 37.9 Å². The molecule has 27 heavy (non-hydrogen) atoms. The van der Waals surface area contributed by atoms with Crippen LogP contribution in [-0.4, -0.2) is 57.6 Å². The van der Waals surface area contributed by atoms with Gasteiger partial charge in [-0.1, -0.05) is 5.11 Å². The summed E-state index contributed by atoms with van der Waals surface area (Å²) in [5.41, 5.74) is 11.5. The Kier molecular flexibility index (Phi) is 6.00. The number of hydrogen-bond donors (Lipinski definition) is 2. The van der Waals surface area contributed by atoms with Gasteiger partial charge in [0.2, 0.25) is 0 Å². The Balaban J connectivity index is 2.59. The molecule has 1 aromatic rings. The molecule has 1 aliphatic heterocycles. The summed E-state index contributed by atoms with van der Waals surface area (Å²) in [7, 11) is 0. The number of aromatic nitrogens is 2. The molecule has 0 radical (unpaired) electrons. The van der Waals surface area contributed by atoms with E-state index in [0.717, 1.165) is 18.4 Å². The fraction of sp³-hybridized carbons (Fsp3) is 0.571. The van der Waals surface area contributed by atoms with Crippen LogP contribution in [0.2, 0.25) is 0 Å². The first-order valence-electron chi connectivity index (χ1n) is 7.72. The van der Waals surface area contributed by atoms with Gasteiger partial charge in [0, 0.05) is 25.0 Å². The van der Waals surface area contributed by atoms with Crippen molar-refractivity contribution in [3.8, 4) is 0 Å². The third-order valence-electron chi connectivity index (χ3n) is 3.84. The van der Waals surface area contributed by atoms with Crippen LogP contribution in [0.5, 0.6) is 0 Å². The first-order valence-corrected chi connectivity index (χ1v) is 7.72. The van der Waals surface area contributed by atoms with Gasteiger partial charge in [0.15, 0.2) is 18.4 Å². The van der Waals surface area contributed by atoms with Gasteiger partial charge < -0.3 is 25.1 Å². The summed E-state index contributed by atoms with van der Waals surface area (Å²) in [5, 5.41) is 13.3. The van der Waals surface area contributed by atoms with Gasteiger partial charge in [-0.05, 0) is 11.6 Å². The fourth-order valence-electron chi connectivity index (χ4n) is 2.78. The van der Waals surface area contributed by atoms with E-state index in [9.17, 15) is 19.5 Å². The number of azide groups is 1. The van der Waals surface area contributed by atoms with Gasteiger partial charge >= 0.3 is 17.6 Å². The molecule has 1 aliphatic rings. The molecule has 0 spiro atoms. The van der Waals surface area contributed by atoms with Gasteiger partial charge in [-0.15, -0.1) is 0 Å². The molecule has 0 bridgehead atoms. The summed E-state index contributed by atoms with van der Waals surface area (Å²) in [6, 6.07) is 1.31. The molecule has 1 aromatic heterocycles. The SMILES string of the molecule is CC(=O)O[C@@H]1[C@H](n2ccc(N)nc2=O)O[C@@](CO)(CN=[N+]=[N-])[C@H]1OC(C)=O. The molecular formula is C14H18N6O7. The highest BCUT2D eigenvalue weighted by Crippen LogP contribution is 2.40. The standard InChI is InChI=1S/C14H18N6O7/c1-7(22)25-10-11(26-8(2)23)14(6-21,5-17-19-16)27-12(10)20-4-3-9(15)18-13(20)24/h3-4,10-12,21H,5-6H2,1-2H3,(H2,15,18,24)/t10-,11-,12+,14+/m0/s1. The van der Waals surface area contributed by atoms with Crippen LogP contribution in [0.1, 0.15) is 20.1 Å². The normalized spacial score (nSPS) is 26.9. The number of nitrogens with two attached hydrogens (primary N) is 1. The average Bonchev–Trinajstić information content (AvgIpc) is 2.86. The lowest BCUT2D eigenvalue weighted by atomic mass is 9.95. The molecule has 0 amide bonds. The second kappa shape index (κ2) is 8.03. The lowest BCUT2D eigenvalue weighted by molar-refractivity contribution is -0.170. The van der Waals surface area contributed by atoms with Crippen molar-refractivity contribution in [3.05, 3.63) is 33.2 Å². The number of aliphatic hydroxyl groups excluding tert-OH is 1. The van der Waals surface area contributed by atoms with Crippen molar-refractivity contribution in [3.63, 3.8) is 0 Å². The molecule has 146 valence electrons. The second-order valence-electron chi connectivity index (χ2n) is 5.77. The van der Waals surface area contributed by atoms with Gasteiger partial charge in [-0.2, -0.15) is 4.98 Å². The van der Waals surface area contributed by atoms with Crippen LogP contribution in [0.25, 0.3) is 10.4 Å². The second-order valence-corrected chi connectivity index (χ2v) is 5.77. The van der Waals surface area contributed by atoms with Crippen LogP contribution in [0.15, 0.2) is 22.2 Å². The minimum Gasteiger partial charge on any atom is -0.455 e. The Bertz CT molecular complexity index is 835. The number of ether oxygens (including phenoxy) is 3. The molecular weight excluding hydrogens is 364 g/mol. The molecule has 0 aromatic carbocycles. The molecule has 13 heteroatoms. The zero-order valence-electron chi connectivity index (χ0n) is 14.5. The highest BCUT2D eigenvalue weighted by Gasteiger charge is 2.59. The average molecular weight is 382 g/mol. The minimum absolute atomic E-state index is 0.0441. The molecule has 4 atom stereocenters. The van der Waals surface area contributed by atoms with Crippen molar-refractivity contribution < 1.29 is 28.9 Å². The van der Waals surface area contributed by atoms with E-state index in [4.69, 9.17) is 25.5 Å². The number of rotatable bonds is 6. The molecule has 0 saturated carbocycles. The van der Waals surface area contributed by atoms with Crippen LogP contribution in [-0.2, 0) is 23.8 Å². The number of nitrogen functional groups attached to an aromatic ring is 1. The Labute approximate surface area is 152 Å². The lowest BCUT2D eigenvalue weighted by Gasteiger charge is -2.31. The smallest absolute Gasteiger partial charge is 0.351 e. The molecule has 2 rings (SSSR count). The Hall–Kier alpha value is -3.15. The van der Waals surface area contributed by atoms with E-state index >= 15 is 0 Å². The summed E-state index contributed by atoms with van der Waals surface area (Å²) in [5.74, 6) is -1.56. The number of nitrogens with zero attached hydrogens (tertiary/aromatic N) is 5. The van der Waals surface area contributed by atoms with Crippen molar-refractivity contribution in [1.29, 1.82) is 0 Å². The van der Waals surface area contributed by atoms with Crippen LogP contribution >= 0.6 is 0 Å². The number of esters is 2. The quantitative estimate of drug-likeness (QED) is 0.276. The molecule has 13 nitrogen and oxygen atoms in total. The van der Waals surface area contributed by atoms with Crippen LogP contribution in [0, 0.1) is 0 Å². The van der Waals surface area contributed by atoms with E-state index in [1.54, 1.807) is 0 Å². The van der Waals surface area contributed by atoms with Crippen molar-refractivity contribution in [1.82, 2.24) is 9.55 Å². The maximum atomic E-state index is 12.2. The predicted octanol–water partition coefficient (Wildman–Crippen LogP) is -0.741. The van der Waals surface area contributed by atoms with Crippen molar-refractivity contribution in [2.24, 2.45) is 5.11 Å². The molecule has 1 fully saturated rings. The van der Waals surface area contributed by atoms with Crippen LogP contribution < -0.4 is 11.4 Å². The number of hydrogen-bond acceptors (Lipinski definition) is 10. The van der Waals surface area contributed by atoms with E-state index in [1.807, 2.05) is 0 Å². The molecule has 0 unspecified atom stereocenters.